The van der Waals surface area contributed by atoms with E-state index in [4.69, 9.17) is 26.2 Å². The van der Waals surface area contributed by atoms with Gasteiger partial charge in [0.1, 0.15) is 5.66 Å². The smallest absolute Gasteiger partial charge is 0.338 e. The average molecular weight is 443 g/mol. The largest absolute Gasteiger partial charge is 0.465 e. The van der Waals surface area contributed by atoms with E-state index in [-0.39, 0.29) is 5.96 Å². The fourth-order valence-electron chi connectivity index (χ4n) is 4.88. The molecule has 2 aliphatic rings. The molecule has 2 heterocycles. The van der Waals surface area contributed by atoms with Crippen molar-refractivity contribution in [1.82, 2.24) is 4.98 Å². The first-order valence-corrected chi connectivity index (χ1v) is 11.1. The molecule has 0 bridgehead atoms. The molecule has 1 fully saturated rings. The number of nitrogens with two attached hydrogens (primary N) is 2. The van der Waals surface area contributed by atoms with Gasteiger partial charge in [-0.3, -0.25) is 4.90 Å². The van der Waals surface area contributed by atoms with Crippen molar-refractivity contribution in [2.45, 2.75) is 37.8 Å². The second-order valence-electron chi connectivity index (χ2n) is 8.43. The molecular weight excluding hydrogens is 416 g/mol. The van der Waals surface area contributed by atoms with Gasteiger partial charge in [0.25, 0.3) is 0 Å². The Morgan fingerprint density at radius 1 is 1.03 bits per heavy atom. The topological polar surface area (TPSA) is 119 Å². The third-order valence-corrected chi connectivity index (χ3v) is 6.39. The molecule has 0 radical (unpaired) electrons. The summed E-state index contributed by atoms with van der Waals surface area (Å²) in [6.07, 6.45) is 5.06. The molecule has 1 aliphatic heterocycles. The van der Waals surface area contributed by atoms with Crippen molar-refractivity contribution in [3.8, 4) is 11.3 Å². The monoisotopic (exact) mass is 442 g/mol. The number of aliphatic imine (C=N–C) groups is 2. The molecular formula is C25H26N6O2. The van der Waals surface area contributed by atoms with Crippen LogP contribution in [0.4, 0.5) is 5.69 Å². The van der Waals surface area contributed by atoms with Gasteiger partial charge < -0.3 is 16.2 Å². The summed E-state index contributed by atoms with van der Waals surface area (Å²) in [5, 5.41) is 0.761. The van der Waals surface area contributed by atoms with Gasteiger partial charge in [0.05, 0.1) is 23.9 Å². The summed E-state index contributed by atoms with van der Waals surface area (Å²) in [6.45, 7) is 0. The normalized spacial score (nSPS) is 17.5. The minimum absolute atomic E-state index is 0.234. The molecule has 168 valence electrons. The van der Waals surface area contributed by atoms with Crippen molar-refractivity contribution in [2.75, 3.05) is 12.0 Å². The number of ether oxygens (including phenoxy) is 1. The number of hydrogen-bond acceptors (Lipinski definition) is 8. The van der Waals surface area contributed by atoms with Gasteiger partial charge in [0.15, 0.2) is 0 Å². The van der Waals surface area contributed by atoms with Crippen molar-refractivity contribution in [3.05, 3.63) is 60.2 Å². The summed E-state index contributed by atoms with van der Waals surface area (Å²) < 4.78 is 4.99. The Morgan fingerprint density at radius 3 is 2.48 bits per heavy atom. The number of aromatic nitrogens is 1. The number of esters is 1. The van der Waals surface area contributed by atoms with Crippen LogP contribution in [-0.4, -0.2) is 35.6 Å². The Morgan fingerprint density at radius 2 is 1.76 bits per heavy atom. The first kappa shape index (κ1) is 20.9. The number of pyridine rings is 1. The molecule has 0 unspecified atom stereocenters. The van der Waals surface area contributed by atoms with Gasteiger partial charge in [-0.05, 0) is 49.9 Å². The maximum atomic E-state index is 12.4. The molecule has 1 aliphatic carbocycles. The standard InChI is InChI=1S/C25H26N6O2/c1-33-22(32)19-15-21(28-20-8-4-3-7-18(19)20)16-9-11-17(12-10-16)31-24(27)29-23(26)30-25(31)13-5-2-6-14-25/h3-4,7-12,15H,2,5-6,13-14H2,1H3,(H4,26,27,29,30). The first-order chi connectivity index (χ1) is 16.0. The maximum absolute atomic E-state index is 12.4. The number of methoxy groups -OCH3 is 1. The Hall–Kier alpha value is -3.94. The van der Waals surface area contributed by atoms with Crippen molar-refractivity contribution < 1.29 is 9.53 Å². The molecule has 1 aromatic heterocycles. The fraction of sp³-hybridized carbons (Fsp3) is 0.280. The molecule has 0 amide bonds. The predicted octanol–water partition coefficient (Wildman–Crippen LogP) is 3.80. The third kappa shape index (κ3) is 3.67. The summed E-state index contributed by atoms with van der Waals surface area (Å²) in [5.41, 5.74) is 15.5. The minimum atomic E-state index is -0.491. The highest BCUT2D eigenvalue weighted by molar-refractivity contribution is 6.06. The predicted molar refractivity (Wildman–Crippen MR) is 130 cm³/mol. The summed E-state index contributed by atoms with van der Waals surface area (Å²) in [4.78, 5) is 28.1. The number of carbonyl (C=O) groups excluding carboxylic acids is 1. The lowest BCUT2D eigenvalue weighted by molar-refractivity contribution is 0.0603. The number of hydrogen-bond donors (Lipinski definition) is 2. The lowest BCUT2D eigenvalue weighted by Crippen LogP contribution is -2.58. The van der Waals surface area contributed by atoms with Crippen LogP contribution in [0.1, 0.15) is 42.5 Å². The zero-order chi connectivity index (χ0) is 23.0. The third-order valence-electron chi connectivity index (χ3n) is 6.39. The van der Waals surface area contributed by atoms with Gasteiger partial charge in [0.2, 0.25) is 11.9 Å². The number of guanidine groups is 2. The number of fused-ring (bicyclic) bond motifs is 1. The molecule has 0 atom stereocenters. The Balaban J connectivity index is 1.55. The van der Waals surface area contributed by atoms with E-state index in [2.05, 4.69) is 4.99 Å². The summed E-state index contributed by atoms with van der Waals surface area (Å²) in [5.74, 6) is 0.199. The Bertz CT molecular complexity index is 1280. The average Bonchev–Trinajstić information content (AvgIpc) is 2.83. The van der Waals surface area contributed by atoms with Crippen molar-refractivity contribution in [1.29, 1.82) is 0 Å². The molecule has 8 heteroatoms. The van der Waals surface area contributed by atoms with Crippen LogP contribution in [0, 0.1) is 0 Å². The number of nitrogens with zero attached hydrogens (tertiary/aromatic N) is 4. The molecule has 1 saturated carbocycles. The van der Waals surface area contributed by atoms with Crippen LogP contribution in [0.25, 0.3) is 22.2 Å². The van der Waals surface area contributed by atoms with Crippen LogP contribution in [0.5, 0.6) is 0 Å². The maximum Gasteiger partial charge on any atom is 0.338 e. The highest BCUT2D eigenvalue weighted by Gasteiger charge is 2.42. The summed E-state index contributed by atoms with van der Waals surface area (Å²) in [7, 11) is 1.38. The molecule has 0 saturated heterocycles. The van der Waals surface area contributed by atoms with E-state index in [0.29, 0.717) is 17.2 Å². The van der Waals surface area contributed by atoms with E-state index >= 15 is 0 Å². The van der Waals surface area contributed by atoms with Gasteiger partial charge in [0, 0.05) is 16.6 Å². The van der Waals surface area contributed by atoms with Gasteiger partial charge in [-0.1, -0.05) is 36.8 Å². The molecule has 2 aromatic carbocycles. The van der Waals surface area contributed by atoms with E-state index < -0.39 is 11.6 Å². The van der Waals surface area contributed by atoms with Crippen LogP contribution in [-0.2, 0) is 4.74 Å². The number of para-hydroxylation sites is 1. The number of benzene rings is 2. The van der Waals surface area contributed by atoms with E-state index in [1.54, 1.807) is 6.07 Å². The van der Waals surface area contributed by atoms with Crippen LogP contribution in [0.15, 0.2) is 64.6 Å². The van der Waals surface area contributed by atoms with Crippen molar-refractivity contribution in [2.24, 2.45) is 21.5 Å². The lowest BCUT2D eigenvalue weighted by Gasteiger charge is -2.45. The summed E-state index contributed by atoms with van der Waals surface area (Å²) in [6, 6.07) is 17.2. The molecule has 8 nitrogen and oxygen atoms in total. The SMILES string of the molecule is COC(=O)c1cc(-c2ccc(N3C(N)=NC(N)=NC34CCCCC4)cc2)nc2ccccc12. The number of rotatable bonds is 3. The molecule has 5 rings (SSSR count). The molecule has 33 heavy (non-hydrogen) atoms. The quantitative estimate of drug-likeness (QED) is 0.596. The second-order valence-corrected chi connectivity index (χ2v) is 8.43. The molecule has 4 N–H and O–H groups in total. The van der Waals surface area contributed by atoms with Gasteiger partial charge in [-0.2, -0.15) is 4.99 Å². The van der Waals surface area contributed by atoms with E-state index in [9.17, 15) is 4.79 Å². The fourth-order valence-corrected chi connectivity index (χ4v) is 4.88. The van der Waals surface area contributed by atoms with Crippen LogP contribution in [0.2, 0.25) is 0 Å². The zero-order valence-electron chi connectivity index (χ0n) is 18.5. The Kier molecular flexibility index (Phi) is 5.20. The van der Waals surface area contributed by atoms with E-state index in [1.807, 2.05) is 53.4 Å². The van der Waals surface area contributed by atoms with Gasteiger partial charge in [-0.25, -0.2) is 14.8 Å². The van der Waals surface area contributed by atoms with Crippen LogP contribution >= 0.6 is 0 Å². The number of anilines is 1. The van der Waals surface area contributed by atoms with Gasteiger partial charge in [-0.15, -0.1) is 0 Å². The van der Waals surface area contributed by atoms with Crippen molar-refractivity contribution in [3.63, 3.8) is 0 Å². The van der Waals surface area contributed by atoms with Crippen LogP contribution < -0.4 is 16.4 Å². The van der Waals surface area contributed by atoms with E-state index in [0.717, 1.165) is 47.8 Å². The first-order valence-electron chi connectivity index (χ1n) is 11.1. The highest BCUT2D eigenvalue weighted by atomic mass is 16.5. The zero-order valence-corrected chi connectivity index (χ0v) is 18.5. The Labute approximate surface area is 192 Å². The van der Waals surface area contributed by atoms with Crippen LogP contribution in [0.3, 0.4) is 0 Å². The van der Waals surface area contributed by atoms with E-state index in [1.165, 1.54) is 13.5 Å². The van der Waals surface area contributed by atoms with Gasteiger partial charge >= 0.3 is 5.97 Å². The summed E-state index contributed by atoms with van der Waals surface area (Å²) >= 11 is 0. The second kappa shape index (κ2) is 8.20. The molecule has 1 spiro atoms. The van der Waals surface area contributed by atoms with Crippen molar-refractivity contribution >= 4 is 34.5 Å². The molecule has 3 aromatic rings. The number of carbonyl (C=O) groups is 1. The minimum Gasteiger partial charge on any atom is -0.465 e. The lowest BCUT2D eigenvalue weighted by atomic mass is 9.87. The highest BCUT2D eigenvalue weighted by Crippen LogP contribution is 2.40.